The van der Waals surface area contributed by atoms with E-state index in [0.29, 0.717) is 17.8 Å². The summed E-state index contributed by atoms with van der Waals surface area (Å²) in [6.45, 7) is 0. The Balaban J connectivity index is 1.09. The van der Waals surface area contributed by atoms with Gasteiger partial charge in [0.25, 0.3) is 0 Å². The molecular formula is C57H45N9. The van der Waals surface area contributed by atoms with Crippen molar-refractivity contribution in [2.75, 3.05) is 29.4 Å². The number of rotatable bonds is 6. The first kappa shape index (κ1) is 38.1. The molecule has 0 radical (unpaired) electrons. The molecule has 0 saturated heterocycles. The van der Waals surface area contributed by atoms with Gasteiger partial charge in [-0.2, -0.15) is 15.0 Å². The number of anilines is 12. The SMILES string of the molecule is C1=CC2=C(CC1)N(c1ccccc1)c1ccccc1N2c1nc(N2C3=C(CCC=C3)N(c3ccccc3)c3ccccc32)nc(N2C3=C(CCC=C3)N(c3ccccc3)c3ccccc32)n1. The molecule has 6 aromatic carbocycles. The molecule has 0 amide bonds. The van der Waals surface area contributed by atoms with Gasteiger partial charge in [-0.3, -0.25) is 14.7 Å². The normalized spacial score (nSPS) is 17.1. The Bertz CT molecular complexity index is 2880. The summed E-state index contributed by atoms with van der Waals surface area (Å²) in [6, 6.07) is 58.0. The highest BCUT2D eigenvalue weighted by Crippen LogP contribution is 2.54. The van der Waals surface area contributed by atoms with Crippen molar-refractivity contribution in [1.82, 2.24) is 15.0 Å². The first-order chi connectivity index (χ1) is 32.8. The van der Waals surface area contributed by atoms with Gasteiger partial charge < -0.3 is 14.7 Å². The third-order valence-electron chi connectivity index (χ3n) is 13.2. The lowest BCUT2D eigenvalue weighted by atomic mass is 9.99. The van der Waals surface area contributed by atoms with Gasteiger partial charge in [-0.15, -0.1) is 0 Å². The van der Waals surface area contributed by atoms with E-state index in [2.05, 4.69) is 230 Å². The molecule has 0 N–H and O–H groups in total. The van der Waals surface area contributed by atoms with Crippen molar-refractivity contribution in [2.45, 2.75) is 38.5 Å². The lowest BCUT2D eigenvalue weighted by Gasteiger charge is -2.44. The molecule has 0 saturated carbocycles. The van der Waals surface area contributed by atoms with Crippen LogP contribution in [0.4, 0.5) is 69.0 Å². The van der Waals surface area contributed by atoms with E-state index in [1.54, 1.807) is 0 Å². The Morgan fingerprint density at radius 1 is 0.273 bits per heavy atom. The van der Waals surface area contributed by atoms with Gasteiger partial charge in [-0.05, 0) is 130 Å². The van der Waals surface area contributed by atoms with Gasteiger partial charge in [0.05, 0.1) is 51.2 Å². The second-order valence-electron chi connectivity index (χ2n) is 17.0. The van der Waals surface area contributed by atoms with E-state index in [1.807, 2.05) is 0 Å². The Labute approximate surface area is 384 Å². The van der Waals surface area contributed by atoms with Crippen LogP contribution in [0.2, 0.25) is 0 Å². The Morgan fingerprint density at radius 3 is 0.788 bits per heavy atom. The molecule has 9 heteroatoms. The molecular weight excluding hydrogens is 811 g/mol. The standard InChI is InChI=1S/C57H45N9/c1-4-22-40(23-5-1)61-43-28-10-16-34-49(43)64(50-35-17-11-29-44(50)61)55-58-56(65-51-36-18-12-30-45(51)62(41-24-6-2-7-25-41)46-31-13-19-37-52(46)65)60-57(59-55)66-53-38-20-14-32-47(53)63(42-26-8-3-9-27-42)48-33-15-21-39-54(48)66/h1-10,12,14,16-28,30,32,34-39H,11,13,15,29,31,33H2. The summed E-state index contributed by atoms with van der Waals surface area (Å²) in [5.41, 5.74) is 16.3. The fourth-order valence-corrected chi connectivity index (χ4v) is 10.5. The molecule has 0 fully saturated rings. The molecule has 66 heavy (non-hydrogen) atoms. The predicted molar refractivity (Wildman–Crippen MR) is 268 cm³/mol. The van der Waals surface area contributed by atoms with Crippen molar-refractivity contribution in [1.29, 1.82) is 0 Å². The summed E-state index contributed by atoms with van der Waals surface area (Å²) in [6.07, 6.45) is 19.0. The zero-order chi connectivity index (χ0) is 43.6. The van der Waals surface area contributed by atoms with Gasteiger partial charge in [0.2, 0.25) is 17.8 Å². The van der Waals surface area contributed by atoms with Crippen molar-refractivity contribution in [3.63, 3.8) is 0 Å². The van der Waals surface area contributed by atoms with Crippen LogP contribution in [0.15, 0.2) is 234 Å². The van der Waals surface area contributed by atoms with Crippen molar-refractivity contribution in [3.05, 3.63) is 234 Å². The molecule has 0 spiro atoms. The van der Waals surface area contributed by atoms with E-state index in [0.717, 1.165) is 107 Å². The molecule has 3 aliphatic carbocycles. The Hall–Kier alpha value is -8.43. The second kappa shape index (κ2) is 15.7. The molecule has 318 valence electrons. The van der Waals surface area contributed by atoms with Gasteiger partial charge in [0.15, 0.2) is 0 Å². The first-order valence-corrected chi connectivity index (χ1v) is 23.0. The van der Waals surface area contributed by atoms with Crippen LogP contribution in [0.1, 0.15) is 38.5 Å². The zero-order valence-corrected chi connectivity index (χ0v) is 36.3. The second-order valence-corrected chi connectivity index (χ2v) is 17.0. The lowest BCUT2D eigenvalue weighted by molar-refractivity contribution is 0.829. The monoisotopic (exact) mass is 855 g/mol. The summed E-state index contributed by atoms with van der Waals surface area (Å²) in [5, 5.41) is 0. The number of allylic oxidation sites excluding steroid dienone is 9. The molecule has 0 unspecified atom stereocenters. The van der Waals surface area contributed by atoms with E-state index in [4.69, 9.17) is 15.0 Å². The molecule has 7 aromatic rings. The average molecular weight is 856 g/mol. The largest absolute Gasteiger partial charge is 0.310 e. The molecule has 9 nitrogen and oxygen atoms in total. The summed E-state index contributed by atoms with van der Waals surface area (Å²) in [5.74, 6) is 1.64. The highest BCUT2D eigenvalue weighted by molar-refractivity contribution is 5.94. The van der Waals surface area contributed by atoms with E-state index in [9.17, 15) is 0 Å². The minimum Gasteiger partial charge on any atom is -0.310 e. The lowest BCUT2D eigenvalue weighted by Crippen LogP contribution is -2.36. The van der Waals surface area contributed by atoms with Crippen LogP contribution >= 0.6 is 0 Å². The summed E-state index contributed by atoms with van der Waals surface area (Å²) in [4.78, 5) is 31.0. The minimum atomic E-state index is 0.545. The van der Waals surface area contributed by atoms with Gasteiger partial charge in [-0.25, -0.2) is 0 Å². The van der Waals surface area contributed by atoms with Crippen LogP contribution in [0.3, 0.4) is 0 Å². The fraction of sp³-hybridized carbons (Fsp3) is 0.105. The summed E-state index contributed by atoms with van der Waals surface area (Å²) < 4.78 is 0. The molecule has 0 bridgehead atoms. The van der Waals surface area contributed by atoms with Crippen LogP contribution < -0.4 is 29.4 Å². The number of benzene rings is 6. The van der Waals surface area contributed by atoms with E-state index in [1.165, 1.54) is 17.1 Å². The van der Waals surface area contributed by atoms with Crippen LogP contribution in [-0.2, 0) is 0 Å². The number of hydrogen-bond acceptors (Lipinski definition) is 9. The molecule has 1 aromatic heterocycles. The van der Waals surface area contributed by atoms with E-state index >= 15 is 0 Å². The Morgan fingerprint density at radius 2 is 0.515 bits per heavy atom. The number of fused-ring (bicyclic) bond motifs is 3. The van der Waals surface area contributed by atoms with Gasteiger partial charge in [0, 0.05) is 34.2 Å². The first-order valence-electron chi connectivity index (χ1n) is 23.0. The number of nitrogens with zero attached hydrogens (tertiary/aromatic N) is 9. The maximum Gasteiger partial charge on any atom is 0.241 e. The highest BCUT2D eigenvalue weighted by atomic mass is 15.4. The van der Waals surface area contributed by atoms with Gasteiger partial charge in [-0.1, -0.05) is 109 Å². The van der Waals surface area contributed by atoms with E-state index < -0.39 is 0 Å². The number of aromatic nitrogens is 3. The molecule has 4 heterocycles. The van der Waals surface area contributed by atoms with Crippen LogP contribution in [0.5, 0.6) is 0 Å². The quantitative estimate of drug-likeness (QED) is 0.163. The topological polar surface area (TPSA) is 58.1 Å². The van der Waals surface area contributed by atoms with Gasteiger partial charge in [0.1, 0.15) is 0 Å². The zero-order valence-electron chi connectivity index (χ0n) is 36.3. The highest BCUT2D eigenvalue weighted by Gasteiger charge is 2.40. The minimum absolute atomic E-state index is 0.545. The maximum absolute atomic E-state index is 5.66. The van der Waals surface area contributed by atoms with Crippen molar-refractivity contribution >= 4 is 69.0 Å². The summed E-state index contributed by atoms with van der Waals surface area (Å²) in [7, 11) is 0. The predicted octanol–water partition coefficient (Wildman–Crippen LogP) is 14.4. The third kappa shape index (κ3) is 6.04. The van der Waals surface area contributed by atoms with Crippen molar-refractivity contribution in [3.8, 4) is 0 Å². The third-order valence-corrected chi connectivity index (χ3v) is 13.2. The van der Waals surface area contributed by atoms with Crippen LogP contribution in [0.25, 0.3) is 0 Å². The van der Waals surface area contributed by atoms with Crippen LogP contribution in [-0.4, -0.2) is 15.0 Å². The number of para-hydroxylation sites is 9. The fourth-order valence-electron chi connectivity index (χ4n) is 10.5. The maximum atomic E-state index is 5.66. The van der Waals surface area contributed by atoms with Crippen LogP contribution in [0, 0.1) is 0 Å². The Kier molecular flexibility index (Phi) is 9.04. The smallest absolute Gasteiger partial charge is 0.241 e. The van der Waals surface area contributed by atoms with Crippen molar-refractivity contribution < 1.29 is 0 Å². The molecule has 13 rings (SSSR count). The average Bonchev–Trinajstić information content (AvgIpc) is 3.39. The van der Waals surface area contributed by atoms with Crippen molar-refractivity contribution in [2.24, 2.45) is 0 Å². The molecule has 0 atom stereocenters. The summed E-state index contributed by atoms with van der Waals surface area (Å²) >= 11 is 0. The van der Waals surface area contributed by atoms with Gasteiger partial charge >= 0.3 is 0 Å². The molecule has 3 aliphatic heterocycles. The molecule has 6 aliphatic rings. The van der Waals surface area contributed by atoms with E-state index in [-0.39, 0.29) is 0 Å². The number of hydrogen-bond donors (Lipinski definition) is 0.